The maximum absolute atomic E-state index is 13.1. The van der Waals surface area contributed by atoms with Gasteiger partial charge in [0.1, 0.15) is 0 Å². The largest absolute Gasteiger partial charge is 0.478 e. The Balaban J connectivity index is 1.42. The molecule has 5 rings (SSSR count). The average Bonchev–Trinajstić information content (AvgIpc) is 2.95. The van der Waals surface area contributed by atoms with Crippen LogP contribution in [0.2, 0.25) is 0 Å². The fourth-order valence-electron chi connectivity index (χ4n) is 4.33. The lowest BCUT2D eigenvalue weighted by atomic mass is 10.1. The van der Waals surface area contributed by atoms with Gasteiger partial charge in [-0.05, 0) is 88.3 Å². The molecule has 0 saturated carbocycles. The summed E-state index contributed by atoms with van der Waals surface area (Å²) in [6.07, 6.45) is 0. The number of amides is 2. The maximum atomic E-state index is 13.1. The zero-order valence-electron chi connectivity index (χ0n) is 21.4. The third kappa shape index (κ3) is 5.94. The fraction of sp³-hybridized carbons (Fsp3) is 0. The van der Waals surface area contributed by atoms with Crippen LogP contribution in [0.3, 0.4) is 0 Å². The van der Waals surface area contributed by atoms with E-state index in [1.165, 1.54) is 42.5 Å². The number of carbonyl (C=O) groups excluding carboxylic acids is 2. The second-order valence-electron chi connectivity index (χ2n) is 9.29. The molecule has 0 unspecified atom stereocenters. The summed E-state index contributed by atoms with van der Waals surface area (Å²) in [5.41, 5.74) is 0.390. The van der Waals surface area contributed by atoms with E-state index >= 15 is 0 Å². The van der Waals surface area contributed by atoms with Crippen LogP contribution in [-0.2, 0) is 10.1 Å². The van der Waals surface area contributed by atoms with E-state index in [0.717, 1.165) is 12.1 Å². The van der Waals surface area contributed by atoms with E-state index in [1.807, 2.05) is 0 Å². The molecule has 0 aliphatic carbocycles. The summed E-state index contributed by atoms with van der Waals surface area (Å²) in [7, 11) is -4.80. The van der Waals surface area contributed by atoms with Crippen molar-refractivity contribution in [2.75, 3.05) is 10.6 Å². The van der Waals surface area contributed by atoms with Crippen LogP contribution < -0.4 is 10.6 Å². The first-order chi connectivity index (χ1) is 19.9. The molecule has 0 heterocycles. The Bertz CT molecular complexity index is 1940. The quantitative estimate of drug-likeness (QED) is 0.161. The highest BCUT2D eigenvalue weighted by atomic mass is 32.2. The van der Waals surface area contributed by atoms with Gasteiger partial charge in [0.25, 0.3) is 21.9 Å². The highest BCUT2D eigenvalue weighted by molar-refractivity contribution is 7.85. The van der Waals surface area contributed by atoms with Crippen LogP contribution in [0.5, 0.6) is 0 Å². The van der Waals surface area contributed by atoms with Gasteiger partial charge in [-0.1, -0.05) is 24.3 Å². The lowest BCUT2D eigenvalue weighted by Crippen LogP contribution is -2.17. The second kappa shape index (κ2) is 10.8. The van der Waals surface area contributed by atoms with Crippen molar-refractivity contribution in [1.29, 1.82) is 0 Å². The minimum absolute atomic E-state index is 0.100. The highest BCUT2D eigenvalue weighted by Gasteiger charge is 2.19. The molecule has 0 saturated heterocycles. The second-order valence-corrected chi connectivity index (χ2v) is 10.7. The van der Waals surface area contributed by atoms with Gasteiger partial charge in [0.05, 0.1) is 16.0 Å². The van der Waals surface area contributed by atoms with E-state index in [0.29, 0.717) is 32.9 Å². The number of aromatic carboxylic acids is 2. The number of hydrogen-bond acceptors (Lipinski definition) is 6. The van der Waals surface area contributed by atoms with Gasteiger partial charge in [-0.3, -0.25) is 14.1 Å². The Morgan fingerprint density at radius 2 is 0.881 bits per heavy atom. The Hall–Kier alpha value is -5.59. The Kier molecular flexibility index (Phi) is 7.17. The molecule has 0 aliphatic rings. The maximum Gasteiger partial charge on any atom is 0.335 e. The third-order valence-corrected chi connectivity index (χ3v) is 7.25. The number of fused-ring (bicyclic) bond motifs is 2. The topological polar surface area (TPSA) is 187 Å². The Labute approximate surface area is 237 Å². The molecule has 0 bridgehead atoms. The number of benzene rings is 5. The van der Waals surface area contributed by atoms with Gasteiger partial charge in [0.15, 0.2) is 0 Å². The van der Waals surface area contributed by atoms with Crippen LogP contribution in [0, 0.1) is 0 Å². The molecule has 5 aromatic rings. The molecular weight excluding hydrogens is 564 g/mol. The van der Waals surface area contributed by atoms with Gasteiger partial charge in [0.2, 0.25) is 0 Å². The van der Waals surface area contributed by atoms with Crippen LogP contribution in [0.4, 0.5) is 11.4 Å². The lowest BCUT2D eigenvalue weighted by Gasteiger charge is -2.11. The average molecular weight is 585 g/mol. The van der Waals surface area contributed by atoms with E-state index in [1.54, 1.807) is 36.4 Å². The predicted molar refractivity (Wildman–Crippen MR) is 154 cm³/mol. The summed E-state index contributed by atoms with van der Waals surface area (Å²) in [5.74, 6) is -3.70. The number of carboxylic acid groups (broad SMARTS) is 2. The molecule has 11 nitrogen and oxygen atoms in total. The summed E-state index contributed by atoms with van der Waals surface area (Å²) < 4.78 is 33.6. The number of carboxylic acids is 2. The van der Waals surface area contributed by atoms with Crippen molar-refractivity contribution >= 4 is 66.8 Å². The Morgan fingerprint density at radius 1 is 0.500 bits per heavy atom. The smallest absolute Gasteiger partial charge is 0.335 e. The van der Waals surface area contributed by atoms with Gasteiger partial charge < -0.3 is 20.8 Å². The van der Waals surface area contributed by atoms with Crippen molar-refractivity contribution < 1.29 is 42.4 Å². The molecule has 42 heavy (non-hydrogen) atoms. The summed E-state index contributed by atoms with van der Waals surface area (Å²) in [6.45, 7) is 0. The molecule has 12 heteroatoms. The SMILES string of the molecule is O=C(O)c1ccc2cc(NC(=O)c3cc(C(=O)Nc4ccc5cc(C(=O)O)ccc5c4)cc(S(=O)(=O)O)c3)ccc2c1. The molecule has 210 valence electrons. The zero-order valence-corrected chi connectivity index (χ0v) is 22.2. The minimum Gasteiger partial charge on any atom is -0.478 e. The van der Waals surface area contributed by atoms with Gasteiger partial charge in [-0.2, -0.15) is 8.42 Å². The van der Waals surface area contributed by atoms with Gasteiger partial charge in [0, 0.05) is 22.5 Å². The van der Waals surface area contributed by atoms with Crippen LogP contribution in [0.25, 0.3) is 21.5 Å². The molecule has 5 aromatic carbocycles. The predicted octanol–water partition coefficient (Wildman–Crippen LogP) is 5.14. The molecular formula is C30H20N2O9S. The molecule has 2 amide bonds. The van der Waals surface area contributed by atoms with E-state index in [2.05, 4.69) is 10.6 Å². The normalized spacial score (nSPS) is 11.3. The summed E-state index contributed by atoms with van der Waals surface area (Å²) in [5, 5.41) is 26.1. The van der Waals surface area contributed by atoms with Crippen molar-refractivity contribution in [2.45, 2.75) is 4.90 Å². The van der Waals surface area contributed by atoms with Gasteiger partial charge in [-0.25, -0.2) is 9.59 Å². The molecule has 0 fully saturated rings. The van der Waals surface area contributed by atoms with Crippen molar-refractivity contribution in [3.63, 3.8) is 0 Å². The van der Waals surface area contributed by atoms with Crippen molar-refractivity contribution in [3.05, 3.63) is 113 Å². The summed E-state index contributed by atoms with van der Waals surface area (Å²) >= 11 is 0. The van der Waals surface area contributed by atoms with Crippen LogP contribution in [0.1, 0.15) is 41.4 Å². The number of rotatable bonds is 7. The standard InChI is InChI=1S/C30H20N2O9S/c33-27(31-24-7-5-16-9-20(29(35)36)3-1-18(16)12-24)22-11-23(15-26(14-22)42(39,40)41)28(34)32-25-8-6-17-10-21(30(37)38)4-2-19(17)13-25/h1-15H,(H,31,33)(H,32,34)(H,35,36)(H,37,38)(H,39,40,41). The summed E-state index contributed by atoms with van der Waals surface area (Å²) in [4.78, 5) is 47.9. The van der Waals surface area contributed by atoms with E-state index in [9.17, 15) is 42.4 Å². The van der Waals surface area contributed by atoms with Gasteiger partial charge >= 0.3 is 11.9 Å². The number of anilines is 2. The van der Waals surface area contributed by atoms with Crippen molar-refractivity contribution in [2.24, 2.45) is 0 Å². The molecule has 0 atom stereocenters. The third-order valence-electron chi connectivity index (χ3n) is 6.42. The van der Waals surface area contributed by atoms with E-state index in [4.69, 9.17) is 0 Å². The number of hydrogen-bond donors (Lipinski definition) is 5. The molecule has 0 radical (unpaired) electrons. The molecule has 0 spiro atoms. The summed E-state index contributed by atoms with van der Waals surface area (Å²) in [6, 6.07) is 21.4. The van der Waals surface area contributed by atoms with Crippen molar-refractivity contribution in [1.82, 2.24) is 0 Å². The minimum atomic E-state index is -4.80. The van der Waals surface area contributed by atoms with Gasteiger partial charge in [-0.15, -0.1) is 0 Å². The zero-order chi connectivity index (χ0) is 30.2. The van der Waals surface area contributed by atoms with Crippen LogP contribution in [0.15, 0.2) is 95.9 Å². The number of nitrogens with one attached hydrogen (secondary N) is 2. The first kappa shape index (κ1) is 28.0. The molecule has 0 aliphatic heterocycles. The van der Waals surface area contributed by atoms with E-state index < -0.39 is 38.8 Å². The van der Waals surface area contributed by atoms with Crippen LogP contribution in [-0.4, -0.2) is 46.9 Å². The fourth-order valence-corrected chi connectivity index (χ4v) is 4.88. The number of carbonyl (C=O) groups is 4. The highest BCUT2D eigenvalue weighted by Crippen LogP contribution is 2.24. The Morgan fingerprint density at radius 3 is 1.26 bits per heavy atom. The van der Waals surface area contributed by atoms with E-state index in [-0.39, 0.29) is 22.3 Å². The first-order valence-electron chi connectivity index (χ1n) is 12.2. The monoisotopic (exact) mass is 584 g/mol. The molecule has 0 aromatic heterocycles. The lowest BCUT2D eigenvalue weighted by molar-refractivity contribution is 0.0686. The first-order valence-corrected chi connectivity index (χ1v) is 13.6. The van der Waals surface area contributed by atoms with Crippen LogP contribution >= 0.6 is 0 Å². The molecule has 5 N–H and O–H groups in total. The van der Waals surface area contributed by atoms with Crippen molar-refractivity contribution in [3.8, 4) is 0 Å².